The van der Waals surface area contributed by atoms with E-state index in [1.807, 2.05) is 0 Å². The van der Waals surface area contributed by atoms with Gasteiger partial charge in [0.2, 0.25) is 0 Å². The number of nitrogens with zero attached hydrogens (tertiary/aromatic N) is 1. The molecule has 0 radical (unpaired) electrons. The third-order valence-corrected chi connectivity index (χ3v) is 6.62. The molecule has 0 bridgehead atoms. The second-order valence-corrected chi connectivity index (χ2v) is 8.11. The van der Waals surface area contributed by atoms with Crippen molar-refractivity contribution in [1.82, 2.24) is 10.2 Å². The van der Waals surface area contributed by atoms with Crippen molar-refractivity contribution in [2.75, 3.05) is 37.7 Å². The molecule has 0 unspecified atom stereocenters. The van der Waals surface area contributed by atoms with Crippen LogP contribution in [-0.4, -0.2) is 48.6 Å². The first-order chi connectivity index (χ1) is 9.36. The Morgan fingerprint density at radius 1 is 1.00 bits per heavy atom. The summed E-state index contributed by atoms with van der Waals surface area (Å²) in [6, 6.07) is 0.824. The topological polar surface area (TPSA) is 15.3 Å². The lowest BCUT2D eigenvalue weighted by Crippen LogP contribution is -2.42. The maximum absolute atomic E-state index is 3.83. The fourth-order valence-corrected chi connectivity index (χ4v) is 5.29. The summed E-state index contributed by atoms with van der Waals surface area (Å²) < 4.78 is 0. The van der Waals surface area contributed by atoms with E-state index in [1.165, 1.54) is 89.1 Å². The fourth-order valence-electron chi connectivity index (χ4n) is 4.31. The Morgan fingerprint density at radius 2 is 1.68 bits per heavy atom. The first-order valence-corrected chi connectivity index (χ1v) is 9.55. The quantitative estimate of drug-likeness (QED) is 0.853. The van der Waals surface area contributed by atoms with E-state index in [1.54, 1.807) is 0 Å². The summed E-state index contributed by atoms with van der Waals surface area (Å²) in [5.41, 5.74) is 0.794. The molecule has 0 amide bonds. The van der Waals surface area contributed by atoms with E-state index < -0.39 is 0 Å². The smallest absolute Gasteiger partial charge is 0.0108 e. The van der Waals surface area contributed by atoms with Crippen molar-refractivity contribution < 1.29 is 0 Å². The molecule has 2 nitrogen and oxygen atoms in total. The molecule has 3 rings (SSSR count). The van der Waals surface area contributed by atoms with Gasteiger partial charge >= 0.3 is 0 Å². The number of thioether (sulfide) groups is 1. The van der Waals surface area contributed by atoms with Gasteiger partial charge in [-0.3, -0.25) is 0 Å². The highest BCUT2D eigenvalue weighted by Crippen LogP contribution is 2.48. The average Bonchev–Trinajstić information content (AvgIpc) is 2.91. The van der Waals surface area contributed by atoms with Crippen LogP contribution in [0, 0.1) is 5.41 Å². The molecule has 1 aliphatic heterocycles. The standard InChI is InChI=1S/C16H30N2S/c1-2-6-16(5-1)7-3-15(4-8-16)17-9-10-18-11-13-19-14-12-18/h15,17H,1-14H2. The molecule has 3 heteroatoms. The van der Waals surface area contributed by atoms with Gasteiger partial charge in [-0.2, -0.15) is 11.8 Å². The monoisotopic (exact) mass is 282 g/mol. The Morgan fingerprint density at radius 3 is 2.37 bits per heavy atom. The zero-order chi connectivity index (χ0) is 13.0. The van der Waals surface area contributed by atoms with Crippen LogP contribution in [0.4, 0.5) is 0 Å². The molecule has 1 N–H and O–H groups in total. The average molecular weight is 282 g/mol. The van der Waals surface area contributed by atoms with Gasteiger partial charge in [0, 0.05) is 43.7 Å². The van der Waals surface area contributed by atoms with Gasteiger partial charge in [0.25, 0.3) is 0 Å². The number of rotatable bonds is 4. The third kappa shape index (κ3) is 3.89. The zero-order valence-electron chi connectivity index (χ0n) is 12.3. The molecule has 2 saturated carbocycles. The van der Waals surface area contributed by atoms with Crippen molar-refractivity contribution in [3.8, 4) is 0 Å². The Labute approximate surface area is 123 Å². The Hall–Kier alpha value is 0.270. The van der Waals surface area contributed by atoms with Crippen molar-refractivity contribution in [2.45, 2.75) is 57.4 Å². The molecule has 110 valence electrons. The van der Waals surface area contributed by atoms with Crippen LogP contribution in [0.2, 0.25) is 0 Å². The minimum absolute atomic E-state index is 0.794. The molecule has 3 aliphatic rings. The van der Waals surface area contributed by atoms with Crippen LogP contribution in [0.3, 0.4) is 0 Å². The maximum Gasteiger partial charge on any atom is 0.0108 e. The van der Waals surface area contributed by atoms with E-state index >= 15 is 0 Å². The lowest BCUT2D eigenvalue weighted by molar-refractivity contribution is 0.166. The Kier molecular flexibility index (Phi) is 5.10. The van der Waals surface area contributed by atoms with Crippen molar-refractivity contribution in [3.63, 3.8) is 0 Å². The van der Waals surface area contributed by atoms with Gasteiger partial charge in [0.05, 0.1) is 0 Å². The highest BCUT2D eigenvalue weighted by molar-refractivity contribution is 7.99. The minimum atomic E-state index is 0.794. The van der Waals surface area contributed by atoms with E-state index in [0.717, 1.165) is 11.5 Å². The molecule has 2 aliphatic carbocycles. The van der Waals surface area contributed by atoms with Crippen LogP contribution in [0.25, 0.3) is 0 Å². The van der Waals surface area contributed by atoms with Crippen LogP contribution in [0.15, 0.2) is 0 Å². The van der Waals surface area contributed by atoms with E-state index in [9.17, 15) is 0 Å². The minimum Gasteiger partial charge on any atom is -0.313 e. The van der Waals surface area contributed by atoms with Crippen molar-refractivity contribution >= 4 is 11.8 Å². The van der Waals surface area contributed by atoms with Crippen molar-refractivity contribution in [1.29, 1.82) is 0 Å². The fraction of sp³-hybridized carbons (Fsp3) is 1.00. The van der Waals surface area contributed by atoms with Gasteiger partial charge in [-0.15, -0.1) is 0 Å². The normalized spacial score (nSPS) is 29.1. The lowest BCUT2D eigenvalue weighted by Gasteiger charge is -2.38. The second kappa shape index (κ2) is 6.82. The van der Waals surface area contributed by atoms with Crippen LogP contribution in [-0.2, 0) is 0 Å². The molecule has 0 aromatic heterocycles. The van der Waals surface area contributed by atoms with E-state index in [0.29, 0.717) is 0 Å². The highest BCUT2D eigenvalue weighted by atomic mass is 32.2. The lowest BCUT2D eigenvalue weighted by atomic mass is 9.71. The SMILES string of the molecule is C1CCC2(C1)CCC(NCCN1CCSCC1)CC2. The molecule has 19 heavy (non-hydrogen) atoms. The van der Waals surface area contributed by atoms with Crippen molar-refractivity contribution in [2.24, 2.45) is 5.41 Å². The van der Waals surface area contributed by atoms with Gasteiger partial charge in [-0.25, -0.2) is 0 Å². The molecular formula is C16H30N2S. The predicted octanol–water partition coefficient (Wildman–Crippen LogP) is 3.13. The molecule has 3 fully saturated rings. The molecule has 0 atom stereocenters. The van der Waals surface area contributed by atoms with E-state index in [4.69, 9.17) is 0 Å². The number of hydrogen-bond acceptors (Lipinski definition) is 3. The van der Waals surface area contributed by atoms with Gasteiger partial charge in [0.15, 0.2) is 0 Å². The highest BCUT2D eigenvalue weighted by Gasteiger charge is 2.37. The van der Waals surface area contributed by atoms with Crippen molar-refractivity contribution in [3.05, 3.63) is 0 Å². The second-order valence-electron chi connectivity index (χ2n) is 6.89. The summed E-state index contributed by atoms with van der Waals surface area (Å²) in [6.45, 7) is 5.09. The third-order valence-electron chi connectivity index (χ3n) is 5.68. The molecule has 0 aromatic carbocycles. The Balaban J connectivity index is 1.31. The van der Waals surface area contributed by atoms with Gasteiger partial charge in [-0.05, 0) is 43.9 Å². The molecular weight excluding hydrogens is 252 g/mol. The van der Waals surface area contributed by atoms with Crippen LogP contribution in [0.5, 0.6) is 0 Å². The summed E-state index contributed by atoms with van der Waals surface area (Å²) in [4.78, 5) is 2.63. The number of nitrogens with one attached hydrogen (secondary N) is 1. The van der Waals surface area contributed by atoms with Gasteiger partial charge in [-0.1, -0.05) is 12.8 Å². The van der Waals surface area contributed by atoms with E-state index in [2.05, 4.69) is 22.0 Å². The number of hydrogen-bond donors (Lipinski definition) is 1. The first kappa shape index (κ1) is 14.2. The first-order valence-electron chi connectivity index (χ1n) is 8.40. The molecule has 0 aromatic rings. The summed E-state index contributed by atoms with van der Waals surface area (Å²) in [5, 5.41) is 3.83. The van der Waals surface area contributed by atoms with Crippen LogP contribution >= 0.6 is 11.8 Å². The van der Waals surface area contributed by atoms with Gasteiger partial charge in [0.1, 0.15) is 0 Å². The Bertz CT molecular complexity index is 260. The molecule has 1 spiro atoms. The zero-order valence-corrected chi connectivity index (χ0v) is 13.1. The summed E-state index contributed by atoms with van der Waals surface area (Å²) in [6.07, 6.45) is 12.0. The molecule has 1 saturated heterocycles. The largest absolute Gasteiger partial charge is 0.313 e. The predicted molar refractivity (Wildman–Crippen MR) is 84.9 cm³/mol. The summed E-state index contributed by atoms with van der Waals surface area (Å²) in [5.74, 6) is 2.68. The summed E-state index contributed by atoms with van der Waals surface area (Å²) >= 11 is 2.11. The molecule has 1 heterocycles. The maximum atomic E-state index is 3.83. The van der Waals surface area contributed by atoms with Gasteiger partial charge < -0.3 is 10.2 Å². The summed E-state index contributed by atoms with van der Waals surface area (Å²) in [7, 11) is 0. The van der Waals surface area contributed by atoms with Crippen LogP contribution < -0.4 is 5.32 Å². The van der Waals surface area contributed by atoms with Crippen LogP contribution in [0.1, 0.15) is 51.4 Å². The van der Waals surface area contributed by atoms with E-state index in [-0.39, 0.29) is 0 Å².